The number of nitrogens with zero attached hydrogens (tertiary/aromatic N) is 3. The summed E-state index contributed by atoms with van der Waals surface area (Å²) < 4.78 is 22.1. The van der Waals surface area contributed by atoms with E-state index in [1.165, 1.54) is 6.07 Å². The number of imidazole rings is 1. The van der Waals surface area contributed by atoms with Crippen molar-refractivity contribution in [2.45, 2.75) is 44.4 Å². The molecule has 164 valence electrons. The number of aliphatic hydroxyl groups excluding tert-OH is 1. The molecule has 1 aliphatic rings. The third-order valence-electron chi connectivity index (χ3n) is 5.88. The summed E-state index contributed by atoms with van der Waals surface area (Å²) in [5.41, 5.74) is 3.05. The first-order valence-corrected chi connectivity index (χ1v) is 10.9. The lowest BCUT2D eigenvalue weighted by atomic mass is 9.93. The van der Waals surface area contributed by atoms with Crippen LogP contribution in [0.5, 0.6) is 5.75 Å². The monoisotopic (exact) mass is 432 g/mol. The molecule has 1 saturated carbocycles. The lowest BCUT2D eigenvalue weighted by Crippen LogP contribution is -2.28. The van der Waals surface area contributed by atoms with Crippen LogP contribution in [0.4, 0.5) is 10.2 Å². The SMILES string of the molecule is O[C@H]1CC[C@H](Nc2ccc3ncc(-c4ccc(OCc5ccccc5)c(F)c4)n3n2)CC1. The van der Waals surface area contributed by atoms with Crippen LogP contribution in [0.1, 0.15) is 31.2 Å². The van der Waals surface area contributed by atoms with E-state index >= 15 is 0 Å². The Morgan fingerprint density at radius 2 is 1.84 bits per heavy atom. The Balaban J connectivity index is 1.35. The Hall–Kier alpha value is -3.45. The number of halogens is 1. The van der Waals surface area contributed by atoms with Crippen molar-refractivity contribution in [3.8, 4) is 17.0 Å². The van der Waals surface area contributed by atoms with E-state index in [4.69, 9.17) is 4.74 Å². The van der Waals surface area contributed by atoms with E-state index in [9.17, 15) is 9.50 Å². The third-order valence-corrected chi connectivity index (χ3v) is 5.88. The van der Waals surface area contributed by atoms with Crippen LogP contribution in [0.2, 0.25) is 0 Å². The molecule has 0 unspecified atom stereocenters. The Morgan fingerprint density at radius 1 is 1.03 bits per heavy atom. The highest BCUT2D eigenvalue weighted by Gasteiger charge is 2.20. The number of hydrogen-bond acceptors (Lipinski definition) is 5. The van der Waals surface area contributed by atoms with E-state index < -0.39 is 5.82 Å². The molecule has 0 bridgehead atoms. The number of hydrogen-bond donors (Lipinski definition) is 2. The van der Waals surface area contributed by atoms with Crippen molar-refractivity contribution < 1.29 is 14.2 Å². The summed E-state index contributed by atoms with van der Waals surface area (Å²) in [6, 6.07) is 18.7. The summed E-state index contributed by atoms with van der Waals surface area (Å²) in [5, 5.41) is 17.8. The van der Waals surface area contributed by atoms with Crippen molar-refractivity contribution in [3.05, 3.63) is 78.2 Å². The number of rotatable bonds is 6. The van der Waals surface area contributed by atoms with E-state index in [0.29, 0.717) is 23.5 Å². The normalized spacial score (nSPS) is 18.6. The van der Waals surface area contributed by atoms with Gasteiger partial charge in [0.1, 0.15) is 12.4 Å². The lowest BCUT2D eigenvalue weighted by Gasteiger charge is -2.26. The molecular formula is C25H25FN4O2. The molecule has 1 fully saturated rings. The largest absolute Gasteiger partial charge is 0.486 e. The minimum atomic E-state index is -0.427. The van der Waals surface area contributed by atoms with Crippen LogP contribution < -0.4 is 10.1 Å². The molecule has 0 atom stereocenters. The van der Waals surface area contributed by atoms with Gasteiger partial charge in [-0.25, -0.2) is 13.9 Å². The van der Waals surface area contributed by atoms with Crippen LogP contribution in [0, 0.1) is 5.82 Å². The second-order valence-corrected chi connectivity index (χ2v) is 8.20. The first kappa shape index (κ1) is 20.5. The van der Waals surface area contributed by atoms with Crippen LogP contribution in [-0.4, -0.2) is 31.9 Å². The van der Waals surface area contributed by atoms with Gasteiger partial charge in [-0.05, 0) is 61.6 Å². The highest BCUT2D eigenvalue weighted by atomic mass is 19.1. The van der Waals surface area contributed by atoms with Crippen molar-refractivity contribution >= 4 is 11.5 Å². The molecule has 0 amide bonds. The zero-order valence-corrected chi connectivity index (χ0v) is 17.6. The Kier molecular flexibility index (Phi) is 5.73. The van der Waals surface area contributed by atoms with Crippen molar-refractivity contribution in [1.82, 2.24) is 14.6 Å². The van der Waals surface area contributed by atoms with Crippen molar-refractivity contribution in [3.63, 3.8) is 0 Å². The number of aromatic nitrogens is 3. The number of benzene rings is 2. The fourth-order valence-electron chi connectivity index (χ4n) is 4.09. The minimum Gasteiger partial charge on any atom is -0.486 e. The predicted octanol–water partition coefficient (Wildman–Crippen LogP) is 4.83. The van der Waals surface area contributed by atoms with Gasteiger partial charge in [0.25, 0.3) is 0 Å². The standard InChI is InChI=1S/C25H25FN4O2/c26-21-14-18(6-11-23(21)32-16-17-4-2-1-3-5-17)22-15-27-25-13-12-24(29-30(22)25)28-19-7-9-20(31)10-8-19/h1-6,11-15,19-20,31H,7-10,16H2,(H,28,29)/t19-,20-. The van der Waals surface area contributed by atoms with Crippen LogP contribution in [-0.2, 0) is 6.61 Å². The van der Waals surface area contributed by atoms with Gasteiger partial charge < -0.3 is 15.2 Å². The maximum atomic E-state index is 14.8. The quantitative estimate of drug-likeness (QED) is 0.457. The average Bonchev–Trinajstić information content (AvgIpc) is 3.24. The van der Waals surface area contributed by atoms with Crippen LogP contribution >= 0.6 is 0 Å². The van der Waals surface area contributed by atoms with Crippen molar-refractivity contribution in [2.24, 2.45) is 0 Å². The maximum absolute atomic E-state index is 14.8. The number of fused-ring (bicyclic) bond motifs is 1. The maximum Gasteiger partial charge on any atom is 0.165 e. The average molecular weight is 432 g/mol. The molecule has 5 rings (SSSR count). The highest BCUT2D eigenvalue weighted by Crippen LogP contribution is 2.27. The summed E-state index contributed by atoms with van der Waals surface area (Å²) >= 11 is 0. The van der Waals surface area contributed by atoms with Gasteiger partial charge in [0.15, 0.2) is 17.2 Å². The smallest absolute Gasteiger partial charge is 0.165 e. The Bertz CT molecular complexity index is 1200. The highest BCUT2D eigenvalue weighted by molar-refractivity contribution is 5.64. The summed E-state index contributed by atoms with van der Waals surface area (Å²) in [7, 11) is 0. The summed E-state index contributed by atoms with van der Waals surface area (Å²) in [5.74, 6) is 0.520. The predicted molar refractivity (Wildman–Crippen MR) is 121 cm³/mol. The molecule has 0 saturated heterocycles. The third kappa shape index (κ3) is 4.43. The summed E-state index contributed by atoms with van der Waals surface area (Å²) in [6.45, 7) is 0.307. The summed E-state index contributed by atoms with van der Waals surface area (Å²) in [4.78, 5) is 4.41. The van der Waals surface area contributed by atoms with Crippen LogP contribution in [0.15, 0.2) is 66.9 Å². The van der Waals surface area contributed by atoms with Crippen molar-refractivity contribution in [1.29, 1.82) is 0 Å². The van der Waals surface area contributed by atoms with Crippen LogP contribution in [0.3, 0.4) is 0 Å². The number of ether oxygens (including phenoxy) is 1. The number of aliphatic hydroxyl groups is 1. The topological polar surface area (TPSA) is 71.7 Å². The molecule has 2 heterocycles. The first-order valence-electron chi connectivity index (χ1n) is 10.9. The number of anilines is 1. The van der Waals surface area contributed by atoms with E-state index in [2.05, 4.69) is 15.4 Å². The second-order valence-electron chi connectivity index (χ2n) is 8.20. The second kappa shape index (κ2) is 8.96. The van der Waals surface area contributed by atoms with Gasteiger partial charge in [0, 0.05) is 11.6 Å². The summed E-state index contributed by atoms with van der Waals surface area (Å²) in [6.07, 6.45) is 4.92. The number of nitrogens with one attached hydrogen (secondary N) is 1. The Labute approximate surface area is 185 Å². The lowest BCUT2D eigenvalue weighted by molar-refractivity contribution is 0.126. The molecule has 2 aromatic heterocycles. The molecule has 32 heavy (non-hydrogen) atoms. The van der Waals surface area contributed by atoms with E-state index in [0.717, 1.165) is 37.1 Å². The molecule has 2 N–H and O–H groups in total. The van der Waals surface area contributed by atoms with Crippen molar-refractivity contribution in [2.75, 3.05) is 5.32 Å². The van der Waals surface area contributed by atoms with Gasteiger partial charge in [0.2, 0.25) is 0 Å². The fourth-order valence-corrected chi connectivity index (χ4v) is 4.09. The zero-order valence-electron chi connectivity index (χ0n) is 17.6. The molecule has 2 aromatic carbocycles. The molecule has 0 spiro atoms. The molecule has 7 heteroatoms. The van der Waals surface area contributed by atoms with Gasteiger partial charge in [-0.2, -0.15) is 0 Å². The first-order chi connectivity index (χ1) is 15.7. The minimum absolute atomic E-state index is 0.196. The fraction of sp³-hybridized carbons (Fsp3) is 0.280. The molecule has 1 aliphatic carbocycles. The van der Waals surface area contributed by atoms with E-state index in [1.807, 2.05) is 48.5 Å². The molecule has 6 nitrogen and oxygen atoms in total. The molecule has 0 radical (unpaired) electrons. The van der Waals surface area contributed by atoms with Gasteiger partial charge in [-0.1, -0.05) is 30.3 Å². The van der Waals surface area contributed by atoms with E-state index in [-0.39, 0.29) is 17.9 Å². The van der Waals surface area contributed by atoms with Gasteiger partial charge in [0.05, 0.1) is 18.0 Å². The zero-order chi connectivity index (χ0) is 21.9. The van der Waals surface area contributed by atoms with Gasteiger partial charge in [-0.3, -0.25) is 0 Å². The van der Waals surface area contributed by atoms with Gasteiger partial charge >= 0.3 is 0 Å². The Morgan fingerprint density at radius 3 is 2.62 bits per heavy atom. The molecule has 0 aliphatic heterocycles. The van der Waals surface area contributed by atoms with E-state index in [1.54, 1.807) is 16.8 Å². The molecular weight excluding hydrogens is 407 g/mol. The molecule has 4 aromatic rings. The van der Waals surface area contributed by atoms with Gasteiger partial charge in [-0.15, -0.1) is 5.10 Å². The van der Waals surface area contributed by atoms with Crippen LogP contribution in [0.25, 0.3) is 16.9 Å².